The fraction of sp³-hybridized carbons (Fsp3) is 0.700. The van der Waals surface area contributed by atoms with Crippen LogP contribution in [0.3, 0.4) is 0 Å². The second kappa shape index (κ2) is 7.04. The van der Waals surface area contributed by atoms with Gasteiger partial charge in [-0.1, -0.05) is 33.8 Å². The maximum atomic E-state index is 6.47. The highest BCUT2D eigenvalue weighted by molar-refractivity contribution is 5.45. The van der Waals surface area contributed by atoms with E-state index in [9.17, 15) is 0 Å². The first-order valence-electron chi connectivity index (χ1n) is 8.94. The molecule has 1 atom stereocenters. The fourth-order valence-electron chi connectivity index (χ4n) is 3.34. The molecule has 2 heteroatoms. The number of ether oxygens (including phenoxy) is 1. The van der Waals surface area contributed by atoms with Crippen molar-refractivity contribution in [2.45, 2.75) is 78.9 Å². The Bertz CT molecular complexity index is 503. The van der Waals surface area contributed by atoms with E-state index < -0.39 is 0 Å². The molecule has 124 valence electrons. The second-order valence-electron chi connectivity index (χ2n) is 7.36. The molecule has 22 heavy (non-hydrogen) atoms. The number of nitrogens with one attached hydrogen (secondary N) is 1. The van der Waals surface area contributed by atoms with Crippen LogP contribution in [0.5, 0.6) is 5.75 Å². The Morgan fingerprint density at radius 2 is 1.82 bits per heavy atom. The molecule has 0 radical (unpaired) electrons. The van der Waals surface area contributed by atoms with E-state index in [2.05, 4.69) is 59.0 Å². The lowest BCUT2D eigenvalue weighted by Crippen LogP contribution is -2.43. The van der Waals surface area contributed by atoms with Gasteiger partial charge in [-0.25, -0.2) is 0 Å². The third kappa shape index (κ3) is 3.65. The Morgan fingerprint density at radius 3 is 2.41 bits per heavy atom. The standard InChI is InChI=1S/C20H33NO/c1-7-20(8-2)13-18(21-10-9-14(3)4)17-11-15(5)16(6)12-19(17)22-20/h11-12,14,18,21H,7-10,13H2,1-6H3. The second-order valence-corrected chi connectivity index (χ2v) is 7.36. The van der Waals surface area contributed by atoms with Gasteiger partial charge in [-0.05, 0) is 62.8 Å². The van der Waals surface area contributed by atoms with E-state index in [-0.39, 0.29) is 5.60 Å². The molecule has 0 saturated heterocycles. The monoisotopic (exact) mass is 303 g/mol. The summed E-state index contributed by atoms with van der Waals surface area (Å²) in [7, 11) is 0. The van der Waals surface area contributed by atoms with Gasteiger partial charge in [-0.15, -0.1) is 0 Å². The minimum atomic E-state index is -0.00973. The van der Waals surface area contributed by atoms with Gasteiger partial charge in [0.2, 0.25) is 0 Å². The smallest absolute Gasteiger partial charge is 0.125 e. The molecule has 1 unspecified atom stereocenters. The van der Waals surface area contributed by atoms with Gasteiger partial charge in [0.1, 0.15) is 11.4 Å². The van der Waals surface area contributed by atoms with Gasteiger partial charge in [-0.3, -0.25) is 0 Å². The number of aryl methyl sites for hydroxylation is 2. The maximum Gasteiger partial charge on any atom is 0.125 e. The van der Waals surface area contributed by atoms with E-state index >= 15 is 0 Å². The van der Waals surface area contributed by atoms with Crippen LogP contribution in [-0.2, 0) is 0 Å². The highest BCUT2D eigenvalue weighted by Crippen LogP contribution is 2.43. The number of fused-ring (bicyclic) bond motifs is 1. The van der Waals surface area contributed by atoms with E-state index in [0.29, 0.717) is 6.04 Å². The van der Waals surface area contributed by atoms with Gasteiger partial charge >= 0.3 is 0 Å². The zero-order valence-corrected chi connectivity index (χ0v) is 15.3. The molecule has 2 rings (SSSR count). The summed E-state index contributed by atoms with van der Waals surface area (Å²) in [5, 5.41) is 3.80. The first-order chi connectivity index (χ1) is 10.4. The molecule has 1 heterocycles. The Kier molecular flexibility index (Phi) is 5.55. The Balaban J connectivity index is 2.29. The van der Waals surface area contributed by atoms with Gasteiger partial charge in [0, 0.05) is 18.0 Å². The first-order valence-corrected chi connectivity index (χ1v) is 8.94. The molecule has 0 saturated carbocycles. The largest absolute Gasteiger partial charge is 0.487 e. The Labute approximate surface area is 136 Å². The lowest BCUT2D eigenvalue weighted by molar-refractivity contribution is 0.0226. The number of hydrogen-bond donors (Lipinski definition) is 1. The van der Waals surface area contributed by atoms with Crippen molar-refractivity contribution in [1.82, 2.24) is 5.32 Å². The predicted octanol–water partition coefficient (Wildman–Crippen LogP) is 5.32. The summed E-state index contributed by atoms with van der Waals surface area (Å²) < 4.78 is 6.47. The van der Waals surface area contributed by atoms with Crippen LogP contribution in [0.15, 0.2) is 12.1 Å². The summed E-state index contributed by atoms with van der Waals surface area (Å²) >= 11 is 0. The van der Waals surface area contributed by atoms with Crippen LogP contribution in [0.25, 0.3) is 0 Å². The number of hydrogen-bond acceptors (Lipinski definition) is 2. The van der Waals surface area contributed by atoms with Gasteiger partial charge in [0.15, 0.2) is 0 Å². The van der Waals surface area contributed by atoms with Crippen LogP contribution in [-0.4, -0.2) is 12.1 Å². The number of benzene rings is 1. The summed E-state index contributed by atoms with van der Waals surface area (Å²) in [5.41, 5.74) is 4.02. The molecule has 1 aliphatic rings. The summed E-state index contributed by atoms with van der Waals surface area (Å²) in [6.45, 7) is 14.5. The van der Waals surface area contributed by atoms with Gasteiger partial charge in [0.25, 0.3) is 0 Å². The molecule has 0 aromatic heterocycles. The highest BCUT2D eigenvalue weighted by atomic mass is 16.5. The zero-order chi connectivity index (χ0) is 16.3. The van der Waals surface area contributed by atoms with Crippen molar-refractivity contribution in [3.63, 3.8) is 0 Å². The van der Waals surface area contributed by atoms with Crippen molar-refractivity contribution >= 4 is 0 Å². The van der Waals surface area contributed by atoms with Crippen LogP contribution >= 0.6 is 0 Å². The highest BCUT2D eigenvalue weighted by Gasteiger charge is 2.38. The topological polar surface area (TPSA) is 21.3 Å². The SMILES string of the molecule is CCC1(CC)CC(NCCC(C)C)c2cc(C)c(C)cc2O1. The lowest BCUT2D eigenvalue weighted by Gasteiger charge is -2.42. The zero-order valence-electron chi connectivity index (χ0n) is 15.3. The molecule has 0 bridgehead atoms. The quantitative estimate of drug-likeness (QED) is 0.767. The molecule has 0 aliphatic carbocycles. The van der Waals surface area contributed by atoms with Crippen molar-refractivity contribution in [3.8, 4) is 5.75 Å². The maximum absolute atomic E-state index is 6.47. The van der Waals surface area contributed by atoms with Crippen LogP contribution in [0, 0.1) is 19.8 Å². The average Bonchev–Trinajstić information content (AvgIpc) is 2.48. The third-order valence-corrected chi connectivity index (χ3v) is 5.31. The summed E-state index contributed by atoms with van der Waals surface area (Å²) in [5.74, 6) is 1.84. The molecule has 1 aromatic carbocycles. The average molecular weight is 303 g/mol. The molecule has 0 amide bonds. The van der Waals surface area contributed by atoms with Gasteiger partial charge in [-0.2, -0.15) is 0 Å². The summed E-state index contributed by atoms with van der Waals surface area (Å²) in [6, 6.07) is 4.98. The van der Waals surface area contributed by atoms with E-state index in [1.165, 1.54) is 23.1 Å². The van der Waals surface area contributed by atoms with Crippen molar-refractivity contribution in [2.24, 2.45) is 5.92 Å². The Hall–Kier alpha value is -1.02. The molecule has 2 nitrogen and oxygen atoms in total. The van der Waals surface area contributed by atoms with Crippen LogP contribution in [0.1, 0.15) is 76.1 Å². The summed E-state index contributed by atoms with van der Waals surface area (Å²) in [4.78, 5) is 0. The molecule has 0 spiro atoms. The molecular formula is C20H33NO. The summed E-state index contributed by atoms with van der Waals surface area (Å²) in [6.07, 6.45) is 4.44. The lowest BCUT2D eigenvalue weighted by atomic mass is 9.82. The molecule has 0 fully saturated rings. The fourth-order valence-corrected chi connectivity index (χ4v) is 3.34. The molecule has 1 aliphatic heterocycles. The molecule has 1 aromatic rings. The van der Waals surface area contributed by atoms with Crippen molar-refractivity contribution < 1.29 is 4.74 Å². The van der Waals surface area contributed by atoms with Crippen LogP contribution in [0.2, 0.25) is 0 Å². The normalized spacial score (nSPS) is 19.9. The van der Waals surface area contributed by atoms with E-state index in [4.69, 9.17) is 4.74 Å². The molecular weight excluding hydrogens is 270 g/mol. The van der Waals surface area contributed by atoms with Crippen molar-refractivity contribution in [3.05, 3.63) is 28.8 Å². The van der Waals surface area contributed by atoms with Gasteiger partial charge in [0.05, 0.1) is 0 Å². The van der Waals surface area contributed by atoms with Gasteiger partial charge < -0.3 is 10.1 Å². The van der Waals surface area contributed by atoms with E-state index in [1.807, 2.05) is 0 Å². The third-order valence-electron chi connectivity index (χ3n) is 5.31. The van der Waals surface area contributed by atoms with Crippen LogP contribution < -0.4 is 10.1 Å². The minimum absolute atomic E-state index is 0.00973. The number of rotatable bonds is 6. The first kappa shape index (κ1) is 17.3. The Morgan fingerprint density at radius 1 is 1.18 bits per heavy atom. The van der Waals surface area contributed by atoms with E-state index in [0.717, 1.165) is 37.5 Å². The predicted molar refractivity (Wildman–Crippen MR) is 94.7 cm³/mol. The minimum Gasteiger partial charge on any atom is -0.487 e. The van der Waals surface area contributed by atoms with E-state index in [1.54, 1.807) is 0 Å². The van der Waals surface area contributed by atoms with Crippen molar-refractivity contribution in [1.29, 1.82) is 0 Å². The van der Waals surface area contributed by atoms with Crippen LogP contribution in [0.4, 0.5) is 0 Å². The van der Waals surface area contributed by atoms with Crippen molar-refractivity contribution in [2.75, 3.05) is 6.54 Å². The molecule has 1 N–H and O–H groups in total.